The Bertz CT molecular complexity index is 942. The van der Waals surface area contributed by atoms with Crippen LogP contribution >= 0.6 is 11.3 Å². The van der Waals surface area contributed by atoms with Gasteiger partial charge in [0.05, 0.1) is 10.2 Å². The van der Waals surface area contributed by atoms with Gasteiger partial charge in [0.25, 0.3) is 5.91 Å². The molecule has 0 unspecified atom stereocenters. The van der Waals surface area contributed by atoms with Crippen LogP contribution in [0, 0.1) is 6.92 Å². The van der Waals surface area contributed by atoms with E-state index >= 15 is 0 Å². The monoisotopic (exact) mass is 367 g/mol. The molecule has 2 aromatic heterocycles. The van der Waals surface area contributed by atoms with Gasteiger partial charge in [0.15, 0.2) is 0 Å². The minimum atomic E-state index is 0.158. The van der Waals surface area contributed by atoms with Crippen molar-refractivity contribution in [2.75, 3.05) is 24.5 Å². The Morgan fingerprint density at radius 3 is 2.81 bits per heavy atom. The summed E-state index contributed by atoms with van der Waals surface area (Å²) in [4.78, 5) is 17.6. The molecule has 1 amide bonds. The smallest absolute Gasteiger partial charge is 0.270 e. The summed E-state index contributed by atoms with van der Waals surface area (Å²) in [5.74, 6) is 0.158. The molecular weight excluding hydrogens is 342 g/mol. The number of hydrogen-bond acceptors (Lipinski definition) is 3. The Balaban J connectivity index is 1.54. The van der Waals surface area contributed by atoms with Gasteiger partial charge < -0.3 is 14.4 Å². The highest BCUT2D eigenvalue weighted by atomic mass is 32.1. The molecule has 5 heteroatoms. The summed E-state index contributed by atoms with van der Waals surface area (Å²) in [5.41, 5.74) is 4.52. The normalized spacial score (nSPS) is 17.9. The predicted octanol–water partition coefficient (Wildman–Crippen LogP) is 4.38. The number of carbonyl (C=O) groups is 1. The SMILES string of the molecule is CCn1c(C(=O)N2CCN(c3cccc(C)c3)[C@@H](C)C2)cc2sccc21. The lowest BCUT2D eigenvalue weighted by Gasteiger charge is -2.41. The van der Waals surface area contributed by atoms with Gasteiger partial charge in [-0.3, -0.25) is 4.79 Å². The minimum Gasteiger partial charge on any atom is -0.365 e. The van der Waals surface area contributed by atoms with Crippen LogP contribution in [-0.4, -0.2) is 41.1 Å². The maximum absolute atomic E-state index is 13.2. The molecule has 26 heavy (non-hydrogen) atoms. The van der Waals surface area contributed by atoms with Crippen molar-refractivity contribution in [2.24, 2.45) is 0 Å². The third-order valence-electron chi connectivity index (χ3n) is 5.31. The number of nitrogens with zero attached hydrogens (tertiary/aromatic N) is 3. The summed E-state index contributed by atoms with van der Waals surface area (Å²) in [6.07, 6.45) is 0. The first kappa shape index (κ1) is 17.2. The summed E-state index contributed by atoms with van der Waals surface area (Å²) >= 11 is 1.70. The van der Waals surface area contributed by atoms with Crippen molar-refractivity contribution < 1.29 is 4.79 Å². The van der Waals surface area contributed by atoms with E-state index in [1.54, 1.807) is 11.3 Å². The van der Waals surface area contributed by atoms with Crippen LogP contribution < -0.4 is 4.90 Å². The number of piperazine rings is 1. The van der Waals surface area contributed by atoms with E-state index in [0.29, 0.717) is 6.04 Å². The molecule has 1 aliphatic rings. The van der Waals surface area contributed by atoms with Crippen molar-refractivity contribution in [1.29, 1.82) is 0 Å². The fourth-order valence-electron chi connectivity index (χ4n) is 3.99. The van der Waals surface area contributed by atoms with Gasteiger partial charge in [0.1, 0.15) is 5.69 Å². The third kappa shape index (κ3) is 2.90. The number of rotatable bonds is 3. The topological polar surface area (TPSA) is 28.5 Å². The van der Waals surface area contributed by atoms with E-state index in [4.69, 9.17) is 0 Å². The molecule has 0 bridgehead atoms. The highest BCUT2D eigenvalue weighted by molar-refractivity contribution is 7.17. The number of amides is 1. The van der Waals surface area contributed by atoms with E-state index in [-0.39, 0.29) is 5.91 Å². The maximum Gasteiger partial charge on any atom is 0.270 e. The second-order valence-electron chi connectivity index (χ2n) is 7.08. The van der Waals surface area contributed by atoms with E-state index in [2.05, 4.69) is 72.0 Å². The molecule has 0 N–H and O–H groups in total. The zero-order chi connectivity index (χ0) is 18.3. The number of hydrogen-bond donors (Lipinski definition) is 0. The molecule has 1 fully saturated rings. The van der Waals surface area contributed by atoms with Crippen molar-refractivity contribution >= 4 is 33.1 Å². The van der Waals surface area contributed by atoms with E-state index in [0.717, 1.165) is 31.9 Å². The van der Waals surface area contributed by atoms with Gasteiger partial charge in [-0.25, -0.2) is 0 Å². The number of aromatic nitrogens is 1. The van der Waals surface area contributed by atoms with Crippen LogP contribution in [0.2, 0.25) is 0 Å². The van der Waals surface area contributed by atoms with Crippen molar-refractivity contribution in [2.45, 2.75) is 33.4 Å². The molecule has 1 atom stereocenters. The maximum atomic E-state index is 13.2. The van der Waals surface area contributed by atoms with Gasteiger partial charge >= 0.3 is 0 Å². The second kappa shape index (κ2) is 6.80. The molecule has 1 saturated heterocycles. The van der Waals surface area contributed by atoms with Crippen molar-refractivity contribution in [3.05, 3.63) is 53.0 Å². The highest BCUT2D eigenvalue weighted by Crippen LogP contribution is 2.27. The number of anilines is 1. The zero-order valence-corrected chi connectivity index (χ0v) is 16.4. The van der Waals surface area contributed by atoms with Gasteiger partial charge in [0.2, 0.25) is 0 Å². The van der Waals surface area contributed by atoms with Crippen molar-refractivity contribution in [1.82, 2.24) is 9.47 Å². The van der Waals surface area contributed by atoms with Crippen LogP contribution in [0.5, 0.6) is 0 Å². The standard InChI is InChI=1S/C21H25N3OS/c1-4-23-18-8-11-26-20(18)13-19(23)21(25)22-9-10-24(16(3)14-22)17-7-5-6-15(2)12-17/h5-8,11-13,16H,4,9-10,14H2,1-3H3/t16-/m0/s1. The Morgan fingerprint density at radius 1 is 1.23 bits per heavy atom. The fraction of sp³-hybridized carbons (Fsp3) is 0.381. The van der Waals surface area contributed by atoms with Crippen LogP contribution in [0.25, 0.3) is 10.2 Å². The highest BCUT2D eigenvalue weighted by Gasteiger charge is 2.29. The van der Waals surface area contributed by atoms with E-state index in [1.807, 2.05) is 4.90 Å². The molecule has 1 aromatic carbocycles. The number of fused-ring (bicyclic) bond motifs is 1. The summed E-state index contributed by atoms with van der Waals surface area (Å²) < 4.78 is 3.34. The van der Waals surface area contributed by atoms with Crippen LogP contribution in [0.1, 0.15) is 29.9 Å². The lowest BCUT2D eigenvalue weighted by Crippen LogP contribution is -2.54. The van der Waals surface area contributed by atoms with Gasteiger partial charge in [0, 0.05) is 37.9 Å². The summed E-state index contributed by atoms with van der Waals surface area (Å²) in [7, 11) is 0. The average molecular weight is 368 g/mol. The lowest BCUT2D eigenvalue weighted by molar-refractivity contribution is 0.0716. The Labute approximate surface area is 158 Å². The van der Waals surface area contributed by atoms with Gasteiger partial charge in [-0.1, -0.05) is 12.1 Å². The van der Waals surface area contributed by atoms with Crippen LogP contribution in [0.3, 0.4) is 0 Å². The molecular formula is C21H25N3OS. The van der Waals surface area contributed by atoms with E-state index < -0.39 is 0 Å². The third-order valence-corrected chi connectivity index (χ3v) is 6.16. The number of carbonyl (C=O) groups excluding carboxylic acids is 1. The lowest BCUT2D eigenvalue weighted by atomic mass is 10.1. The first-order valence-electron chi connectivity index (χ1n) is 9.27. The quantitative estimate of drug-likeness (QED) is 0.687. The predicted molar refractivity (Wildman–Crippen MR) is 109 cm³/mol. The fourth-order valence-corrected chi connectivity index (χ4v) is 4.81. The van der Waals surface area contributed by atoms with E-state index in [1.165, 1.54) is 21.5 Å². The minimum absolute atomic E-state index is 0.158. The Morgan fingerprint density at radius 2 is 2.08 bits per heavy atom. The summed E-state index contributed by atoms with van der Waals surface area (Å²) in [5, 5.41) is 2.09. The van der Waals surface area contributed by atoms with Gasteiger partial charge in [-0.2, -0.15) is 0 Å². The Hall–Kier alpha value is -2.27. The summed E-state index contributed by atoms with van der Waals surface area (Å²) in [6, 6.07) is 13.1. The van der Waals surface area contributed by atoms with Crippen molar-refractivity contribution in [3.8, 4) is 0 Å². The molecule has 0 aliphatic carbocycles. The zero-order valence-electron chi connectivity index (χ0n) is 15.6. The van der Waals surface area contributed by atoms with Crippen LogP contribution in [0.15, 0.2) is 41.8 Å². The van der Waals surface area contributed by atoms with Crippen LogP contribution in [-0.2, 0) is 6.54 Å². The van der Waals surface area contributed by atoms with Crippen LogP contribution in [0.4, 0.5) is 5.69 Å². The van der Waals surface area contributed by atoms with Gasteiger partial charge in [-0.05, 0) is 56.0 Å². The first-order valence-corrected chi connectivity index (χ1v) is 10.2. The molecule has 4 nitrogen and oxygen atoms in total. The molecule has 0 spiro atoms. The molecule has 0 saturated carbocycles. The second-order valence-corrected chi connectivity index (χ2v) is 8.02. The van der Waals surface area contributed by atoms with Crippen molar-refractivity contribution in [3.63, 3.8) is 0 Å². The number of benzene rings is 1. The molecule has 3 heterocycles. The largest absolute Gasteiger partial charge is 0.365 e. The molecule has 1 aliphatic heterocycles. The summed E-state index contributed by atoms with van der Waals surface area (Å²) in [6.45, 7) is 9.65. The first-order chi connectivity index (χ1) is 12.6. The average Bonchev–Trinajstić information content (AvgIpc) is 3.21. The van der Waals surface area contributed by atoms with Gasteiger partial charge in [-0.15, -0.1) is 11.3 Å². The number of aryl methyl sites for hydroxylation is 2. The molecule has 136 valence electrons. The Kier molecular flexibility index (Phi) is 4.49. The molecule has 0 radical (unpaired) electrons. The molecule has 3 aromatic rings. The van der Waals surface area contributed by atoms with E-state index in [9.17, 15) is 4.79 Å². The molecule has 4 rings (SSSR count). The number of thiophene rings is 1.